The summed E-state index contributed by atoms with van der Waals surface area (Å²) in [7, 11) is -5.19. The van der Waals surface area contributed by atoms with Crippen molar-refractivity contribution in [3.05, 3.63) is 11.8 Å². The number of thioether (sulfide) groups is 1. The Bertz CT molecular complexity index is 499. The van der Waals surface area contributed by atoms with Gasteiger partial charge in [-0.05, 0) is 61.3 Å². The lowest BCUT2D eigenvalue weighted by atomic mass is 10.0. The zero-order valence-electron chi connectivity index (χ0n) is 16.7. The SMILES string of the molecule is CSCCCCCCCCCCC(=O)N(C1=CCCCC1)S(O)(O)C(F)(F)F. The van der Waals surface area contributed by atoms with Gasteiger partial charge in [-0.2, -0.15) is 24.9 Å². The quantitative estimate of drug-likeness (QED) is 0.291. The molecule has 0 spiro atoms. The smallest absolute Gasteiger partial charge is 0.274 e. The Morgan fingerprint density at radius 2 is 1.64 bits per heavy atom. The number of rotatable bonds is 13. The Balaban J connectivity index is 2.45. The second-order valence-electron chi connectivity index (χ2n) is 7.17. The third-order valence-corrected chi connectivity index (χ3v) is 7.07. The van der Waals surface area contributed by atoms with Gasteiger partial charge in [0.2, 0.25) is 5.91 Å². The van der Waals surface area contributed by atoms with Crippen molar-refractivity contribution in [1.82, 2.24) is 4.31 Å². The predicted octanol–water partition coefficient (Wildman–Crippen LogP) is 7.33. The van der Waals surface area contributed by atoms with Gasteiger partial charge in [-0.3, -0.25) is 13.9 Å². The molecule has 1 aliphatic rings. The molecule has 1 aliphatic carbocycles. The molecule has 4 nitrogen and oxygen atoms in total. The number of nitrogens with zero attached hydrogens (tertiary/aromatic N) is 1. The van der Waals surface area contributed by atoms with Gasteiger partial charge in [-0.1, -0.05) is 44.6 Å². The van der Waals surface area contributed by atoms with Gasteiger partial charge in [0.15, 0.2) is 0 Å². The molecule has 0 saturated carbocycles. The molecule has 0 bridgehead atoms. The van der Waals surface area contributed by atoms with E-state index in [4.69, 9.17) is 0 Å². The van der Waals surface area contributed by atoms with Gasteiger partial charge in [-0.15, -0.1) is 0 Å². The number of halogens is 3. The summed E-state index contributed by atoms with van der Waals surface area (Å²) in [6, 6.07) is 0. The fraction of sp³-hybridized carbons (Fsp3) is 0.842. The summed E-state index contributed by atoms with van der Waals surface area (Å²) < 4.78 is 59.2. The van der Waals surface area contributed by atoms with E-state index in [1.54, 1.807) is 0 Å². The standard InChI is InChI=1S/C19H34F3NO3S2/c1-27-16-12-7-5-3-2-4-6-11-15-18(24)23(17-13-9-8-10-14-17)28(25,26)19(20,21)22/h13,25-26H,2-12,14-16H2,1H3. The number of hydrogen-bond donors (Lipinski definition) is 2. The Kier molecular flexibility index (Phi) is 11.9. The predicted molar refractivity (Wildman–Crippen MR) is 112 cm³/mol. The highest BCUT2D eigenvalue weighted by atomic mass is 32.3. The molecule has 0 saturated heterocycles. The van der Waals surface area contributed by atoms with Crippen molar-refractivity contribution in [1.29, 1.82) is 0 Å². The molecule has 0 aromatic rings. The van der Waals surface area contributed by atoms with Crippen molar-refractivity contribution in [3.8, 4) is 0 Å². The van der Waals surface area contributed by atoms with Gasteiger partial charge in [-0.25, -0.2) is 4.31 Å². The number of hydrogen-bond acceptors (Lipinski definition) is 4. The summed E-state index contributed by atoms with van der Waals surface area (Å²) in [5, 5.41) is 0. The molecule has 28 heavy (non-hydrogen) atoms. The van der Waals surface area contributed by atoms with Crippen molar-refractivity contribution in [3.63, 3.8) is 0 Å². The highest BCUT2D eigenvalue weighted by molar-refractivity contribution is 8.23. The number of unbranched alkanes of at least 4 members (excludes halogenated alkanes) is 7. The first-order chi connectivity index (χ1) is 13.2. The third kappa shape index (κ3) is 8.55. The molecular weight excluding hydrogens is 411 g/mol. The lowest BCUT2D eigenvalue weighted by Crippen LogP contribution is -2.40. The van der Waals surface area contributed by atoms with Crippen LogP contribution in [0.15, 0.2) is 11.8 Å². The summed E-state index contributed by atoms with van der Waals surface area (Å²) in [6.07, 6.45) is 13.8. The van der Waals surface area contributed by atoms with Crippen LogP contribution in [0.5, 0.6) is 0 Å². The number of allylic oxidation sites excluding steroid dienone is 2. The van der Waals surface area contributed by atoms with Crippen LogP contribution in [0.2, 0.25) is 0 Å². The first-order valence-corrected chi connectivity index (χ1v) is 13.0. The lowest BCUT2D eigenvalue weighted by Gasteiger charge is -2.44. The van der Waals surface area contributed by atoms with E-state index in [2.05, 4.69) is 6.26 Å². The molecule has 1 amide bonds. The average Bonchev–Trinajstić information content (AvgIpc) is 2.63. The van der Waals surface area contributed by atoms with Crippen LogP contribution in [-0.4, -0.2) is 36.8 Å². The Morgan fingerprint density at radius 3 is 2.14 bits per heavy atom. The lowest BCUT2D eigenvalue weighted by molar-refractivity contribution is -0.127. The third-order valence-electron chi connectivity index (χ3n) is 4.81. The van der Waals surface area contributed by atoms with E-state index in [0.29, 0.717) is 19.3 Å². The van der Waals surface area contributed by atoms with Crippen LogP contribution in [0.4, 0.5) is 13.2 Å². The number of alkyl halides is 3. The van der Waals surface area contributed by atoms with Crippen LogP contribution < -0.4 is 0 Å². The summed E-state index contributed by atoms with van der Waals surface area (Å²) in [5.74, 6) is 0.342. The zero-order chi connectivity index (χ0) is 21.0. The summed E-state index contributed by atoms with van der Waals surface area (Å²) in [5.41, 5.74) is -5.16. The number of carbonyl (C=O) groups excluding carboxylic acids is 1. The molecule has 9 heteroatoms. The van der Waals surface area contributed by atoms with E-state index in [1.807, 2.05) is 11.8 Å². The van der Waals surface area contributed by atoms with Crippen molar-refractivity contribution in [2.24, 2.45) is 0 Å². The van der Waals surface area contributed by atoms with Gasteiger partial charge in [0.1, 0.15) is 0 Å². The van der Waals surface area contributed by atoms with Crippen LogP contribution >= 0.6 is 22.5 Å². The average molecular weight is 446 g/mol. The van der Waals surface area contributed by atoms with E-state index in [-0.39, 0.29) is 22.8 Å². The number of carbonyl (C=O) groups is 1. The second-order valence-corrected chi connectivity index (χ2v) is 10.0. The molecule has 0 unspecified atom stereocenters. The molecule has 0 aromatic carbocycles. The number of amides is 1. The summed E-state index contributed by atoms with van der Waals surface area (Å²) >= 11 is 1.85. The maximum Gasteiger partial charge on any atom is 0.514 e. The second kappa shape index (κ2) is 13.0. The minimum atomic E-state index is -5.25. The first-order valence-electron chi connectivity index (χ1n) is 10.1. The van der Waals surface area contributed by atoms with E-state index >= 15 is 0 Å². The maximum atomic E-state index is 13.2. The monoisotopic (exact) mass is 445 g/mol. The van der Waals surface area contributed by atoms with Gasteiger partial charge in [0, 0.05) is 12.1 Å². The van der Waals surface area contributed by atoms with Gasteiger partial charge in [0.25, 0.3) is 0 Å². The molecule has 0 atom stereocenters. The Morgan fingerprint density at radius 1 is 1.07 bits per heavy atom. The molecule has 0 aliphatic heterocycles. The zero-order valence-corrected chi connectivity index (χ0v) is 18.3. The first kappa shape index (κ1) is 25.7. The van der Waals surface area contributed by atoms with E-state index in [1.165, 1.54) is 31.1 Å². The van der Waals surface area contributed by atoms with Crippen LogP contribution in [0.25, 0.3) is 0 Å². The van der Waals surface area contributed by atoms with Crippen LogP contribution in [0.3, 0.4) is 0 Å². The topological polar surface area (TPSA) is 60.8 Å². The van der Waals surface area contributed by atoms with E-state index < -0.39 is 22.2 Å². The Hall–Kier alpha value is -0.380. The molecule has 0 heterocycles. The molecule has 0 radical (unpaired) electrons. The normalized spacial score (nSPS) is 16.0. The van der Waals surface area contributed by atoms with E-state index in [0.717, 1.165) is 32.1 Å². The van der Waals surface area contributed by atoms with Gasteiger partial charge in [0.05, 0.1) is 0 Å². The molecule has 1 rings (SSSR count). The van der Waals surface area contributed by atoms with Crippen LogP contribution in [0.1, 0.15) is 83.5 Å². The maximum absolute atomic E-state index is 13.2. The van der Waals surface area contributed by atoms with Crippen LogP contribution in [-0.2, 0) is 4.79 Å². The minimum Gasteiger partial charge on any atom is -0.274 e. The van der Waals surface area contributed by atoms with Crippen molar-refractivity contribution >= 4 is 28.4 Å². The molecule has 0 fully saturated rings. The molecule has 2 N–H and O–H groups in total. The fourth-order valence-corrected chi connectivity index (χ4v) is 4.83. The fourth-order valence-electron chi connectivity index (χ4n) is 3.26. The summed E-state index contributed by atoms with van der Waals surface area (Å²) in [6.45, 7) is 0. The molecule has 166 valence electrons. The van der Waals surface area contributed by atoms with Crippen molar-refractivity contribution in [2.75, 3.05) is 12.0 Å². The van der Waals surface area contributed by atoms with Gasteiger partial charge >= 0.3 is 5.51 Å². The van der Waals surface area contributed by atoms with Crippen molar-refractivity contribution < 1.29 is 27.1 Å². The minimum absolute atomic E-state index is 0.0961. The van der Waals surface area contributed by atoms with Crippen molar-refractivity contribution in [2.45, 2.75) is 89.0 Å². The molecule has 0 aromatic heterocycles. The highest BCUT2D eigenvalue weighted by Crippen LogP contribution is 2.60. The largest absolute Gasteiger partial charge is 0.514 e. The van der Waals surface area contributed by atoms with Gasteiger partial charge < -0.3 is 0 Å². The summed E-state index contributed by atoms with van der Waals surface area (Å²) in [4.78, 5) is 12.5. The molecular formula is C19H34F3NO3S2. The van der Waals surface area contributed by atoms with Crippen LogP contribution in [0, 0.1) is 0 Å². The van der Waals surface area contributed by atoms with E-state index in [9.17, 15) is 27.1 Å². The Labute approximate surface area is 172 Å². The highest BCUT2D eigenvalue weighted by Gasteiger charge is 2.52.